The third kappa shape index (κ3) is 2.23. The van der Waals surface area contributed by atoms with E-state index >= 15 is 0 Å². The summed E-state index contributed by atoms with van der Waals surface area (Å²) in [5.74, 6) is 0.649. The van der Waals surface area contributed by atoms with Crippen molar-refractivity contribution in [3.8, 4) is 11.5 Å². The molecule has 1 unspecified atom stereocenters. The highest BCUT2D eigenvalue weighted by atomic mass is 16.5. The summed E-state index contributed by atoms with van der Waals surface area (Å²) in [4.78, 5) is 4.15. The smallest absolute Gasteiger partial charge is 0.225 e. The van der Waals surface area contributed by atoms with E-state index in [4.69, 9.17) is 9.15 Å². The van der Waals surface area contributed by atoms with E-state index in [1.807, 2.05) is 12.1 Å². The van der Waals surface area contributed by atoms with Gasteiger partial charge >= 0.3 is 0 Å². The number of morpholine rings is 1. The lowest BCUT2D eigenvalue weighted by Crippen LogP contribution is -2.33. The number of rotatable bonds is 2. The maximum Gasteiger partial charge on any atom is 0.225 e. The summed E-state index contributed by atoms with van der Waals surface area (Å²) in [6.07, 6.45) is 3.36. The normalized spacial score (nSPS) is 20.4. The van der Waals surface area contributed by atoms with Gasteiger partial charge in [0.1, 0.15) is 6.26 Å². The first-order chi connectivity index (χ1) is 8.43. The van der Waals surface area contributed by atoms with Crippen LogP contribution in [0.25, 0.3) is 11.5 Å². The molecule has 0 amide bonds. The number of ether oxygens (including phenoxy) is 1. The summed E-state index contributed by atoms with van der Waals surface area (Å²) in [5, 5.41) is 3.32. The van der Waals surface area contributed by atoms with Gasteiger partial charge in [0.2, 0.25) is 5.89 Å². The fourth-order valence-corrected chi connectivity index (χ4v) is 2.02. The van der Waals surface area contributed by atoms with Crippen molar-refractivity contribution in [2.24, 2.45) is 0 Å². The van der Waals surface area contributed by atoms with Gasteiger partial charge in [0, 0.05) is 18.7 Å². The molecule has 0 aliphatic carbocycles. The van der Waals surface area contributed by atoms with Crippen molar-refractivity contribution in [1.29, 1.82) is 0 Å². The molecule has 1 aromatic carbocycles. The van der Waals surface area contributed by atoms with Crippen LogP contribution in [-0.2, 0) is 4.74 Å². The molecule has 4 heteroatoms. The average molecular weight is 230 g/mol. The second kappa shape index (κ2) is 4.69. The predicted molar refractivity (Wildman–Crippen MR) is 63.5 cm³/mol. The Morgan fingerprint density at radius 2 is 2.35 bits per heavy atom. The molecule has 88 valence electrons. The molecule has 1 N–H and O–H groups in total. The molecule has 1 aliphatic rings. The topological polar surface area (TPSA) is 47.3 Å². The lowest BCUT2D eigenvalue weighted by atomic mass is 10.1. The van der Waals surface area contributed by atoms with Crippen LogP contribution in [0.1, 0.15) is 11.7 Å². The highest BCUT2D eigenvalue weighted by Gasteiger charge is 2.16. The Hall–Kier alpha value is -1.65. The molecule has 1 aliphatic heterocycles. The van der Waals surface area contributed by atoms with Crippen LogP contribution < -0.4 is 5.32 Å². The molecule has 1 atom stereocenters. The molecule has 1 aromatic heterocycles. The Kier molecular flexibility index (Phi) is 2.90. The number of oxazole rings is 1. The van der Waals surface area contributed by atoms with Crippen molar-refractivity contribution in [2.45, 2.75) is 6.10 Å². The van der Waals surface area contributed by atoms with Crippen LogP contribution in [-0.4, -0.2) is 24.7 Å². The van der Waals surface area contributed by atoms with Crippen molar-refractivity contribution in [3.05, 3.63) is 42.3 Å². The van der Waals surface area contributed by atoms with Gasteiger partial charge in [0.05, 0.1) is 18.9 Å². The molecule has 2 heterocycles. The number of nitrogens with one attached hydrogen (secondary N) is 1. The lowest BCUT2D eigenvalue weighted by Gasteiger charge is -2.24. The van der Waals surface area contributed by atoms with Gasteiger partial charge in [-0.25, -0.2) is 4.98 Å². The van der Waals surface area contributed by atoms with Crippen LogP contribution >= 0.6 is 0 Å². The average Bonchev–Trinajstić information content (AvgIpc) is 2.94. The minimum Gasteiger partial charge on any atom is -0.445 e. The summed E-state index contributed by atoms with van der Waals surface area (Å²) in [5.41, 5.74) is 2.15. The van der Waals surface area contributed by atoms with Crippen molar-refractivity contribution in [3.63, 3.8) is 0 Å². The summed E-state index contributed by atoms with van der Waals surface area (Å²) in [7, 11) is 0. The Balaban J connectivity index is 1.88. The minimum absolute atomic E-state index is 0.124. The first-order valence-corrected chi connectivity index (χ1v) is 5.75. The van der Waals surface area contributed by atoms with Crippen LogP contribution in [0.3, 0.4) is 0 Å². The highest BCUT2D eigenvalue weighted by Crippen LogP contribution is 2.24. The molecule has 3 rings (SSSR count). The molecule has 0 spiro atoms. The maximum atomic E-state index is 5.72. The van der Waals surface area contributed by atoms with Crippen molar-refractivity contribution < 1.29 is 9.15 Å². The van der Waals surface area contributed by atoms with E-state index in [1.54, 1.807) is 12.5 Å². The van der Waals surface area contributed by atoms with Crippen LogP contribution in [0.15, 0.2) is 41.1 Å². The number of nitrogens with zero attached hydrogens (tertiary/aromatic N) is 1. The molecule has 17 heavy (non-hydrogen) atoms. The number of hydrogen-bond acceptors (Lipinski definition) is 4. The van der Waals surface area contributed by atoms with Crippen molar-refractivity contribution >= 4 is 0 Å². The summed E-state index contributed by atoms with van der Waals surface area (Å²) in [6, 6.07) is 8.14. The van der Waals surface area contributed by atoms with E-state index in [0.29, 0.717) is 5.89 Å². The molecule has 2 aromatic rings. The molecule has 0 saturated carbocycles. The van der Waals surface area contributed by atoms with Crippen LogP contribution in [0.4, 0.5) is 0 Å². The molecular weight excluding hydrogens is 216 g/mol. The van der Waals surface area contributed by atoms with Gasteiger partial charge < -0.3 is 14.5 Å². The zero-order valence-electron chi connectivity index (χ0n) is 9.43. The van der Waals surface area contributed by atoms with E-state index in [-0.39, 0.29) is 6.10 Å². The van der Waals surface area contributed by atoms with Gasteiger partial charge in [-0.15, -0.1) is 0 Å². The molecule has 1 saturated heterocycles. The maximum absolute atomic E-state index is 5.72. The first kappa shape index (κ1) is 10.5. The van der Waals surface area contributed by atoms with Gasteiger partial charge in [-0.1, -0.05) is 12.1 Å². The number of hydrogen-bond donors (Lipinski definition) is 1. The Labute approximate surface area is 99.6 Å². The van der Waals surface area contributed by atoms with Crippen molar-refractivity contribution in [2.75, 3.05) is 19.7 Å². The Morgan fingerprint density at radius 1 is 1.35 bits per heavy atom. The molecule has 1 fully saturated rings. The first-order valence-electron chi connectivity index (χ1n) is 5.75. The standard InChI is InChI=1S/C13H14N2O2/c1-2-10(12-9-14-4-6-16-12)8-11(3-1)13-15-5-7-17-13/h1-3,5,7-8,12,14H,4,6,9H2. The van der Waals surface area contributed by atoms with E-state index in [9.17, 15) is 0 Å². The van der Waals surface area contributed by atoms with Gasteiger partial charge in [-0.05, 0) is 17.7 Å². The molecule has 0 bridgehead atoms. The third-order valence-corrected chi connectivity index (χ3v) is 2.87. The quantitative estimate of drug-likeness (QED) is 0.857. The van der Waals surface area contributed by atoms with Crippen LogP contribution in [0.5, 0.6) is 0 Å². The van der Waals surface area contributed by atoms with Gasteiger partial charge in [0.15, 0.2) is 0 Å². The van der Waals surface area contributed by atoms with E-state index in [1.165, 1.54) is 0 Å². The summed E-state index contributed by atoms with van der Waals surface area (Å²) in [6.45, 7) is 2.54. The van der Waals surface area contributed by atoms with Crippen LogP contribution in [0.2, 0.25) is 0 Å². The van der Waals surface area contributed by atoms with E-state index in [2.05, 4.69) is 22.4 Å². The lowest BCUT2D eigenvalue weighted by molar-refractivity contribution is 0.0277. The Bertz CT molecular complexity index is 476. The molecule has 4 nitrogen and oxygen atoms in total. The third-order valence-electron chi connectivity index (χ3n) is 2.87. The molecular formula is C13H14N2O2. The van der Waals surface area contributed by atoms with Gasteiger partial charge in [-0.3, -0.25) is 0 Å². The Morgan fingerprint density at radius 3 is 3.12 bits per heavy atom. The molecule has 0 radical (unpaired) electrons. The SMILES string of the molecule is c1cc(-c2ncco2)cc(C2CNCCO2)c1. The van der Waals surface area contributed by atoms with E-state index in [0.717, 1.165) is 30.8 Å². The number of benzene rings is 1. The van der Waals surface area contributed by atoms with Crippen LogP contribution in [0, 0.1) is 0 Å². The van der Waals surface area contributed by atoms with Crippen molar-refractivity contribution in [1.82, 2.24) is 10.3 Å². The largest absolute Gasteiger partial charge is 0.445 e. The zero-order valence-corrected chi connectivity index (χ0v) is 9.43. The van der Waals surface area contributed by atoms with Gasteiger partial charge in [0.25, 0.3) is 0 Å². The fraction of sp³-hybridized carbons (Fsp3) is 0.308. The zero-order chi connectivity index (χ0) is 11.5. The minimum atomic E-state index is 0.124. The fourth-order valence-electron chi connectivity index (χ4n) is 2.02. The predicted octanol–water partition coefficient (Wildman–Crippen LogP) is 2.00. The summed E-state index contributed by atoms with van der Waals surface area (Å²) >= 11 is 0. The second-order valence-corrected chi connectivity index (χ2v) is 4.03. The van der Waals surface area contributed by atoms with Gasteiger partial charge in [-0.2, -0.15) is 0 Å². The monoisotopic (exact) mass is 230 g/mol. The number of aromatic nitrogens is 1. The van der Waals surface area contributed by atoms with E-state index < -0.39 is 0 Å². The summed E-state index contributed by atoms with van der Waals surface area (Å²) < 4.78 is 11.0. The second-order valence-electron chi connectivity index (χ2n) is 4.03. The highest BCUT2D eigenvalue weighted by molar-refractivity contribution is 5.54.